The summed E-state index contributed by atoms with van der Waals surface area (Å²) in [6, 6.07) is 14.5. The van der Waals surface area contributed by atoms with Crippen LogP contribution in [0.5, 0.6) is 0 Å². The van der Waals surface area contributed by atoms with Gasteiger partial charge in [-0.3, -0.25) is 4.79 Å². The number of nitrogens with two attached hydrogens (primary N) is 1. The molecule has 144 valence electrons. The van der Waals surface area contributed by atoms with Gasteiger partial charge in [0.05, 0.1) is 5.56 Å². The Hall–Kier alpha value is -3.41. The van der Waals surface area contributed by atoms with Crippen molar-refractivity contribution in [3.05, 3.63) is 81.3 Å². The molecule has 4 N–H and O–H groups in total. The molecule has 0 aliphatic carbocycles. The molecule has 28 heavy (non-hydrogen) atoms. The number of rotatable bonds is 7. The first-order valence-electron chi connectivity index (χ1n) is 9.28. The Bertz CT molecular complexity index is 1040. The number of aromatic carboxylic acids is 1. The second-order valence-corrected chi connectivity index (χ2v) is 6.71. The van der Waals surface area contributed by atoms with Crippen molar-refractivity contribution in [2.45, 2.75) is 32.6 Å². The fraction of sp³-hybridized carbons (Fsp3) is 0.227. The SMILES string of the molecule is CCCCc1[nH]c(N)nc(=O)c1Cc1ccc(-c2ccccc2C(=O)O)cc1. The van der Waals surface area contributed by atoms with Crippen molar-refractivity contribution >= 4 is 11.9 Å². The third kappa shape index (κ3) is 4.28. The third-order valence-corrected chi connectivity index (χ3v) is 4.71. The molecule has 1 aromatic heterocycles. The van der Waals surface area contributed by atoms with Gasteiger partial charge >= 0.3 is 5.97 Å². The summed E-state index contributed by atoms with van der Waals surface area (Å²) in [5.74, 6) is -0.819. The Morgan fingerprint density at radius 3 is 2.54 bits per heavy atom. The average molecular weight is 377 g/mol. The van der Waals surface area contributed by atoms with Crippen LogP contribution in [-0.4, -0.2) is 21.0 Å². The van der Waals surface area contributed by atoms with Gasteiger partial charge in [-0.25, -0.2) is 4.79 Å². The second kappa shape index (κ2) is 8.52. The maximum absolute atomic E-state index is 12.4. The van der Waals surface area contributed by atoms with Crippen molar-refractivity contribution in [1.82, 2.24) is 9.97 Å². The van der Waals surface area contributed by atoms with Crippen LogP contribution in [0, 0.1) is 0 Å². The van der Waals surface area contributed by atoms with E-state index in [0.29, 0.717) is 17.5 Å². The zero-order chi connectivity index (χ0) is 20.1. The number of unbranched alkanes of at least 4 members (excludes halogenated alkanes) is 1. The van der Waals surface area contributed by atoms with Gasteiger partial charge in [0.15, 0.2) is 0 Å². The summed E-state index contributed by atoms with van der Waals surface area (Å²) in [7, 11) is 0. The van der Waals surface area contributed by atoms with Crippen molar-refractivity contribution in [2.24, 2.45) is 0 Å². The highest BCUT2D eigenvalue weighted by Gasteiger charge is 2.13. The van der Waals surface area contributed by atoms with E-state index in [4.69, 9.17) is 5.73 Å². The number of H-pyrrole nitrogens is 1. The van der Waals surface area contributed by atoms with Gasteiger partial charge in [0.25, 0.3) is 5.56 Å². The van der Waals surface area contributed by atoms with Gasteiger partial charge in [-0.2, -0.15) is 4.98 Å². The standard InChI is InChI=1S/C22H23N3O3/c1-2-3-8-19-18(20(26)25-22(23)24-19)13-14-9-11-15(12-10-14)16-6-4-5-7-17(16)21(27)28/h4-7,9-12H,2-3,8,13H2,1H3,(H,27,28)(H3,23,24,25,26). The Balaban J connectivity index is 1.90. The van der Waals surface area contributed by atoms with Crippen LogP contribution in [0.4, 0.5) is 5.95 Å². The number of nitrogen functional groups attached to an aromatic ring is 1. The van der Waals surface area contributed by atoms with E-state index in [1.54, 1.807) is 18.2 Å². The summed E-state index contributed by atoms with van der Waals surface area (Å²) in [5, 5.41) is 9.38. The molecule has 0 radical (unpaired) electrons. The lowest BCUT2D eigenvalue weighted by Crippen LogP contribution is -2.20. The molecule has 0 unspecified atom stereocenters. The molecule has 1 heterocycles. The Morgan fingerprint density at radius 1 is 1.14 bits per heavy atom. The number of hydrogen-bond acceptors (Lipinski definition) is 4. The number of aryl methyl sites for hydroxylation is 1. The second-order valence-electron chi connectivity index (χ2n) is 6.71. The van der Waals surface area contributed by atoms with Crippen LogP contribution in [-0.2, 0) is 12.8 Å². The minimum atomic E-state index is -0.959. The number of benzene rings is 2. The highest BCUT2D eigenvalue weighted by Crippen LogP contribution is 2.25. The summed E-state index contributed by atoms with van der Waals surface area (Å²) in [5.41, 5.74) is 9.55. The number of carboxylic acids is 1. The van der Waals surface area contributed by atoms with E-state index in [-0.39, 0.29) is 17.1 Å². The van der Waals surface area contributed by atoms with E-state index in [9.17, 15) is 14.7 Å². The number of aromatic amines is 1. The highest BCUT2D eigenvalue weighted by atomic mass is 16.4. The highest BCUT2D eigenvalue weighted by molar-refractivity contribution is 5.95. The maximum Gasteiger partial charge on any atom is 0.336 e. The van der Waals surface area contributed by atoms with Crippen LogP contribution in [0.1, 0.15) is 46.9 Å². The quantitative estimate of drug-likeness (QED) is 0.582. The smallest absolute Gasteiger partial charge is 0.336 e. The molecular weight excluding hydrogens is 354 g/mol. The average Bonchev–Trinajstić information content (AvgIpc) is 2.69. The first-order valence-corrected chi connectivity index (χ1v) is 9.28. The molecule has 0 aliphatic rings. The summed E-state index contributed by atoms with van der Waals surface area (Å²) in [6.07, 6.45) is 3.17. The number of nitrogens with zero attached hydrogens (tertiary/aromatic N) is 1. The molecule has 0 bridgehead atoms. The van der Waals surface area contributed by atoms with Gasteiger partial charge in [0.1, 0.15) is 0 Å². The maximum atomic E-state index is 12.4. The summed E-state index contributed by atoms with van der Waals surface area (Å²) in [6.45, 7) is 2.09. The van der Waals surface area contributed by atoms with Gasteiger partial charge < -0.3 is 15.8 Å². The molecule has 3 rings (SSSR count). The molecular formula is C22H23N3O3. The normalized spacial score (nSPS) is 10.8. The Morgan fingerprint density at radius 2 is 1.86 bits per heavy atom. The van der Waals surface area contributed by atoms with Crippen LogP contribution < -0.4 is 11.3 Å². The molecule has 6 nitrogen and oxygen atoms in total. The van der Waals surface area contributed by atoms with Crippen LogP contribution >= 0.6 is 0 Å². The van der Waals surface area contributed by atoms with E-state index in [0.717, 1.165) is 36.1 Å². The molecule has 0 saturated heterocycles. The van der Waals surface area contributed by atoms with Crippen molar-refractivity contribution < 1.29 is 9.90 Å². The minimum absolute atomic E-state index is 0.139. The molecule has 2 aromatic carbocycles. The summed E-state index contributed by atoms with van der Waals surface area (Å²) >= 11 is 0. The topological polar surface area (TPSA) is 109 Å². The number of aromatic nitrogens is 2. The lowest BCUT2D eigenvalue weighted by atomic mass is 9.96. The van der Waals surface area contributed by atoms with Gasteiger partial charge in [-0.05, 0) is 35.6 Å². The lowest BCUT2D eigenvalue weighted by molar-refractivity contribution is 0.0697. The zero-order valence-corrected chi connectivity index (χ0v) is 15.7. The number of anilines is 1. The number of hydrogen-bond donors (Lipinski definition) is 3. The van der Waals surface area contributed by atoms with Crippen LogP contribution in [0.3, 0.4) is 0 Å². The van der Waals surface area contributed by atoms with Crippen molar-refractivity contribution in [2.75, 3.05) is 5.73 Å². The van der Waals surface area contributed by atoms with Gasteiger partial charge in [-0.15, -0.1) is 0 Å². The van der Waals surface area contributed by atoms with E-state index in [1.165, 1.54) is 0 Å². The fourth-order valence-electron chi connectivity index (χ4n) is 3.24. The predicted octanol–water partition coefficient (Wildman–Crippen LogP) is 3.65. The number of carbonyl (C=O) groups is 1. The first kappa shape index (κ1) is 19.4. The largest absolute Gasteiger partial charge is 0.478 e. The molecule has 0 aliphatic heterocycles. The molecule has 0 amide bonds. The fourth-order valence-corrected chi connectivity index (χ4v) is 3.24. The molecule has 6 heteroatoms. The van der Waals surface area contributed by atoms with E-state index >= 15 is 0 Å². The van der Waals surface area contributed by atoms with E-state index in [2.05, 4.69) is 16.9 Å². The van der Waals surface area contributed by atoms with Crippen LogP contribution in [0.15, 0.2) is 53.3 Å². The number of carboxylic acid groups (broad SMARTS) is 1. The monoisotopic (exact) mass is 377 g/mol. The third-order valence-electron chi connectivity index (χ3n) is 4.71. The molecule has 3 aromatic rings. The van der Waals surface area contributed by atoms with Gasteiger partial charge in [0, 0.05) is 17.7 Å². The lowest BCUT2D eigenvalue weighted by Gasteiger charge is -2.11. The summed E-state index contributed by atoms with van der Waals surface area (Å²) in [4.78, 5) is 30.7. The van der Waals surface area contributed by atoms with Crippen molar-refractivity contribution in [1.29, 1.82) is 0 Å². The van der Waals surface area contributed by atoms with Gasteiger partial charge in [-0.1, -0.05) is 55.8 Å². The molecule has 0 atom stereocenters. The first-order chi connectivity index (χ1) is 13.5. The minimum Gasteiger partial charge on any atom is -0.478 e. The van der Waals surface area contributed by atoms with Crippen LogP contribution in [0.2, 0.25) is 0 Å². The van der Waals surface area contributed by atoms with Crippen molar-refractivity contribution in [3.8, 4) is 11.1 Å². The number of nitrogens with one attached hydrogen (secondary N) is 1. The molecule has 0 saturated carbocycles. The Labute approximate surface area is 163 Å². The van der Waals surface area contributed by atoms with Gasteiger partial charge in [0.2, 0.25) is 5.95 Å². The summed E-state index contributed by atoms with van der Waals surface area (Å²) < 4.78 is 0. The Kier molecular flexibility index (Phi) is 5.89. The zero-order valence-electron chi connectivity index (χ0n) is 15.7. The van der Waals surface area contributed by atoms with Crippen LogP contribution in [0.25, 0.3) is 11.1 Å². The van der Waals surface area contributed by atoms with E-state index in [1.807, 2.05) is 30.3 Å². The molecule has 0 fully saturated rings. The molecule has 0 spiro atoms. The predicted molar refractivity (Wildman–Crippen MR) is 110 cm³/mol. The van der Waals surface area contributed by atoms with E-state index < -0.39 is 5.97 Å². The van der Waals surface area contributed by atoms with Crippen molar-refractivity contribution in [3.63, 3.8) is 0 Å².